The van der Waals surface area contributed by atoms with Gasteiger partial charge in [-0.1, -0.05) is 12.1 Å². The molecule has 7 heteroatoms. The SMILES string of the molecule is CC1OCCC1C(=O)Nc1ccc(CS(N)(=O)=O)cc1. The van der Waals surface area contributed by atoms with Crippen LogP contribution in [0, 0.1) is 5.92 Å². The maximum absolute atomic E-state index is 12.0. The second-order valence-electron chi connectivity index (χ2n) is 4.96. The van der Waals surface area contributed by atoms with E-state index in [2.05, 4.69) is 5.32 Å². The van der Waals surface area contributed by atoms with E-state index in [0.29, 0.717) is 17.9 Å². The molecule has 1 aliphatic heterocycles. The Bertz CT molecular complexity index is 583. The van der Waals surface area contributed by atoms with E-state index in [1.807, 2.05) is 6.92 Å². The minimum Gasteiger partial charge on any atom is -0.378 e. The van der Waals surface area contributed by atoms with Crippen molar-refractivity contribution >= 4 is 21.6 Å². The van der Waals surface area contributed by atoms with Gasteiger partial charge in [0.1, 0.15) is 0 Å². The van der Waals surface area contributed by atoms with E-state index >= 15 is 0 Å². The van der Waals surface area contributed by atoms with Crippen LogP contribution >= 0.6 is 0 Å². The number of amides is 1. The van der Waals surface area contributed by atoms with Gasteiger partial charge in [-0.25, -0.2) is 13.6 Å². The molecule has 1 saturated heterocycles. The average Bonchev–Trinajstić information content (AvgIpc) is 2.76. The van der Waals surface area contributed by atoms with Crippen molar-refractivity contribution < 1.29 is 17.9 Å². The molecular formula is C13H18N2O4S. The first-order chi connectivity index (χ1) is 9.35. The third-order valence-electron chi connectivity index (χ3n) is 3.30. The number of nitrogens with one attached hydrogen (secondary N) is 1. The summed E-state index contributed by atoms with van der Waals surface area (Å²) in [6.45, 7) is 2.49. The normalized spacial score (nSPS) is 22.7. The van der Waals surface area contributed by atoms with Gasteiger partial charge >= 0.3 is 0 Å². The van der Waals surface area contributed by atoms with Crippen LogP contribution in [0.5, 0.6) is 0 Å². The minimum absolute atomic E-state index is 0.0725. The van der Waals surface area contributed by atoms with Crippen molar-refractivity contribution in [1.82, 2.24) is 0 Å². The standard InChI is InChI=1S/C13H18N2O4S/c1-9-12(6-7-19-9)13(16)15-11-4-2-10(3-5-11)8-20(14,17)18/h2-5,9,12H,6-8H2,1H3,(H,15,16)(H2,14,17,18). The van der Waals surface area contributed by atoms with E-state index in [4.69, 9.17) is 9.88 Å². The number of carbonyl (C=O) groups is 1. The summed E-state index contributed by atoms with van der Waals surface area (Å²) in [6.07, 6.45) is 0.646. The number of primary sulfonamides is 1. The Morgan fingerprint density at radius 2 is 2.05 bits per heavy atom. The summed E-state index contributed by atoms with van der Waals surface area (Å²) >= 11 is 0. The van der Waals surface area contributed by atoms with E-state index in [1.165, 1.54) is 0 Å². The van der Waals surface area contributed by atoms with Crippen molar-refractivity contribution in [3.8, 4) is 0 Å². The second kappa shape index (κ2) is 5.90. The van der Waals surface area contributed by atoms with Gasteiger partial charge in [0.2, 0.25) is 15.9 Å². The summed E-state index contributed by atoms with van der Waals surface area (Å²) < 4.78 is 27.3. The van der Waals surface area contributed by atoms with Crippen molar-refractivity contribution in [3.63, 3.8) is 0 Å². The van der Waals surface area contributed by atoms with Crippen LogP contribution in [0.25, 0.3) is 0 Å². The van der Waals surface area contributed by atoms with E-state index in [1.54, 1.807) is 24.3 Å². The van der Waals surface area contributed by atoms with Gasteiger partial charge in [0.25, 0.3) is 0 Å². The molecule has 1 aromatic rings. The van der Waals surface area contributed by atoms with Crippen LogP contribution in [-0.2, 0) is 25.3 Å². The zero-order valence-electron chi connectivity index (χ0n) is 11.2. The topological polar surface area (TPSA) is 98.5 Å². The third-order valence-corrected chi connectivity index (χ3v) is 4.04. The fourth-order valence-corrected chi connectivity index (χ4v) is 2.88. The van der Waals surface area contributed by atoms with E-state index in [-0.39, 0.29) is 23.7 Å². The highest BCUT2D eigenvalue weighted by molar-refractivity contribution is 7.88. The number of hydrogen-bond donors (Lipinski definition) is 2. The lowest BCUT2D eigenvalue weighted by molar-refractivity contribution is -0.121. The van der Waals surface area contributed by atoms with Crippen LogP contribution in [0.4, 0.5) is 5.69 Å². The van der Waals surface area contributed by atoms with E-state index in [9.17, 15) is 13.2 Å². The Morgan fingerprint density at radius 1 is 1.40 bits per heavy atom. The first-order valence-electron chi connectivity index (χ1n) is 6.37. The van der Waals surface area contributed by atoms with Gasteiger partial charge in [-0.3, -0.25) is 4.79 Å². The molecule has 0 spiro atoms. The quantitative estimate of drug-likeness (QED) is 0.860. The zero-order chi connectivity index (χ0) is 14.8. The Kier molecular flexibility index (Phi) is 4.42. The molecule has 0 saturated carbocycles. The number of sulfonamides is 1. The maximum atomic E-state index is 12.0. The van der Waals surface area contributed by atoms with Gasteiger partial charge in [-0.05, 0) is 31.0 Å². The summed E-state index contributed by atoms with van der Waals surface area (Å²) in [5.74, 6) is -0.428. The Balaban J connectivity index is 1.98. The van der Waals surface area contributed by atoms with E-state index < -0.39 is 10.0 Å². The van der Waals surface area contributed by atoms with Crippen molar-refractivity contribution in [2.24, 2.45) is 11.1 Å². The second-order valence-corrected chi connectivity index (χ2v) is 6.58. The molecule has 0 bridgehead atoms. The number of hydrogen-bond acceptors (Lipinski definition) is 4. The van der Waals surface area contributed by atoms with Crippen molar-refractivity contribution in [3.05, 3.63) is 29.8 Å². The Labute approximate surface area is 118 Å². The lowest BCUT2D eigenvalue weighted by Crippen LogP contribution is -2.27. The van der Waals surface area contributed by atoms with Crippen LogP contribution in [0.1, 0.15) is 18.9 Å². The molecule has 110 valence electrons. The Hall–Kier alpha value is -1.44. The predicted molar refractivity (Wildman–Crippen MR) is 75.4 cm³/mol. The summed E-state index contributed by atoms with van der Waals surface area (Å²) in [4.78, 5) is 12.0. The fourth-order valence-electron chi connectivity index (χ4n) is 2.23. The number of carbonyl (C=O) groups excluding carboxylic acids is 1. The molecule has 0 aromatic heterocycles. The summed E-state index contributed by atoms with van der Waals surface area (Å²) in [5, 5.41) is 7.78. The van der Waals surface area contributed by atoms with Crippen LogP contribution in [-0.4, -0.2) is 27.0 Å². The monoisotopic (exact) mass is 298 g/mol. The first kappa shape index (κ1) is 15.0. The van der Waals surface area contributed by atoms with Crippen molar-refractivity contribution in [1.29, 1.82) is 0 Å². The lowest BCUT2D eigenvalue weighted by Gasteiger charge is -2.14. The summed E-state index contributed by atoms with van der Waals surface area (Å²) in [5.41, 5.74) is 1.22. The molecule has 0 aliphatic carbocycles. The van der Waals surface area contributed by atoms with Crippen LogP contribution in [0.3, 0.4) is 0 Å². The molecule has 1 heterocycles. The molecule has 20 heavy (non-hydrogen) atoms. The molecule has 2 rings (SSSR count). The zero-order valence-corrected chi connectivity index (χ0v) is 12.0. The Morgan fingerprint density at radius 3 is 2.55 bits per heavy atom. The molecule has 1 aromatic carbocycles. The number of anilines is 1. The van der Waals surface area contributed by atoms with Gasteiger partial charge in [-0.15, -0.1) is 0 Å². The molecule has 3 N–H and O–H groups in total. The number of ether oxygens (including phenoxy) is 1. The van der Waals surface area contributed by atoms with Crippen molar-refractivity contribution in [2.45, 2.75) is 25.2 Å². The van der Waals surface area contributed by atoms with Gasteiger partial charge < -0.3 is 10.1 Å². The smallest absolute Gasteiger partial charge is 0.230 e. The third kappa shape index (κ3) is 4.03. The van der Waals surface area contributed by atoms with Crippen molar-refractivity contribution in [2.75, 3.05) is 11.9 Å². The molecule has 0 radical (unpaired) electrons. The van der Waals surface area contributed by atoms with Crippen LogP contribution < -0.4 is 10.5 Å². The fraction of sp³-hybridized carbons (Fsp3) is 0.462. The molecule has 6 nitrogen and oxygen atoms in total. The lowest BCUT2D eigenvalue weighted by atomic mass is 10.0. The number of nitrogens with two attached hydrogens (primary N) is 1. The number of rotatable bonds is 4. The maximum Gasteiger partial charge on any atom is 0.230 e. The largest absolute Gasteiger partial charge is 0.378 e. The van der Waals surface area contributed by atoms with Gasteiger partial charge in [0.05, 0.1) is 17.8 Å². The number of benzene rings is 1. The highest BCUT2D eigenvalue weighted by atomic mass is 32.2. The molecular weight excluding hydrogens is 280 g/mol. The van der Waals surface area contributed by atoms with Gasteiger partial charge in [0.15, 0.2) is 0 Å². The molecule has 2 unspecified atom stereocenters. The van der Waals surface area contributed by atoms with E-state index in [0.717, 1.165) is 6.42 Å². The first-order valence-corrected chi connectivity index (χ1v) is 8.08. The van der Waals surface area contributed by atoms with Crippen LogP contribution in [0.15, 0.2) is 24.3 Å². The highest BCUT2D eigenvalue weighted by Gasteiger charge is 2.30. The minimum atomic E-state index is -3.54. The van der Waals surface area contributed by atoms with Crippen LogP contribution in [0.2, 0.25) is 0 Å². The molecule has 2 atom stereocenters. The highest BCUT2D eigenvalue weighted by Crippen LogP contribution is 2.22. The molecule has 1 aliphatic rings. The molecule has 1 fully saturated rings. The molecule has 1 amide bonds. The van der Waals surface area contributed by atoms with Gasteiger partial charge in [0, 0.05) is 12.3 Å². The predicted octanol–water partition coefficient (Wildman–Crippen LogP) is 0.839. The van der Waals surface area contributed by atoms with Gasteiger partial charge in [-0.2, -0.15) is 0 Å². The summed E-state index contributed by atoms with van der Waals surface area (Å²) in [7, 11) is -3.54. The summed E-state index contributed by atoms with van der Waals surface area (Å²) in [6, 6.07) is 6.60. The average molecular weight is 298 g/mol.